The lowest BCUT2D eigenvalue weighted by molar-refractivity contribution is -0.146. The zero-order valence-corrected chi connectivity index (χ0v) is 16.4. The number of benzene rings is 2. The lowest BCUT2D eigenvalue weighted by Crippen LogP contribution is -2.46. The lowest BCUT2D eigenvalue weighted by Gasteiger charge is -2.23. The number of carbonyl (C=O) groups is 3. The Morgan fingerprint density at radius 2 is 1.43 bits per heavy atom. The second-order valence-electron chi connectivity index (χ2n) is 8.30. The molecular weight excluding hydrogens is 383 g/mol. The molecule has 1 N–H and O–H groups in total. The molecule has 3 aliphatic rings. The number of fused-ring (bicyclic) bond motifs is 5. The summed E-state index contributed by atoms with van der Waals surface area (Å²) in [6, 6.07) is 12.4. The van der Waals surface area contributed by atoms with Gasteiger partial charge in [-0.3, -0.25) is 19.3 Å². The molecule has 1 saturated carbocycles. The molecule has 6 heteroatoms. The van der Waals surface area contributed by atoms with Crippen molar-refractivity contribution in [3.8, 4) is 11.1 Å². The Kier molecular flexibility index (Phi) is 4.31. The Balaban J connectivity index is 1.28. The maximum Gasteiger partial charge on any atom is 0.247 e. The van der Waals surface area contributed by atoms with Crippen LogP contribution in [-0.4, -0.2) is 28.7 Å². The number of nitrogens with zero attached hydrogens (tertiary/aromatic N) is 1. The molecule has 5 rings (SSSR count). The minimum atomic E-state index is -0.869. The molecule has 3 amide bonds. The SMILES string of the molecule is C[C@H](C(=O)Nc1ccc(-c2ccc(F)cc2)cc1)N1C(=O)[C@@H]2[C@@H](C1=O)[C@H]1C=C[C@H]2C1. The summed E-state index contributed by atoms with van der Waals surface area (Å²) in [6.45, 7) is 1.59. The molecule has 152 valence electrons. The third-order valence-corrected chi connectivity index (χ3v) is 6.60. The molecule has 5 atom stereocenters. The molecule has 2 bridgehead atoms. The van der Waals surface area contributed by atoms with E-state index in [4.69, 9.17) is 0 Å². The molecule has 2 aliphatic carbocycles. The van der Waals surface area contributed by atoms with Crippen LogP contribution in [0.5, 0.6) is 0 Å². The molecule has 0 aromatic heterocycles. The van der Waals surface area contributed by atoms with Crippen molar-refractivity contribution in [2.75, 3.05) is 5.32 Å². The first kappa shape index (κ1) is 18.7. The number of anilines is 1. The normalized spacial score (nSPS) is 27.5. The zero-order chi connectivity index (χ0) is 21.0. The van der Waals surface area contributed by atoms with E-state index in [0.29, 0.717) is 5.69 Å². The highest BCUT2D eigenvalue weighted by molar-refractivity contribution is 6.10. The molecule has 1 saturated heterocycles. The third kappa shape index (κ3) is 2.86. The Morgan fingerprint density at radius 1 is 0.933 bits per heavy atom. The second-order valence-corrected chi connectivity index (χ2v) is 8.30. The van der Waals surface area contributed by atoms with Crippen molar-refractivity contribution in [2.24, 2.45) is 23.7 Å². The van der Waals surface area contributed by atoms with Crippen LogP contribution >= 0.6 is 0 Å². The molecule has 1 aliphatic heterocycles. The maximum absolute atomic E-state index is 13.1. The molecule has 0 unspecified atom stereocenters. The van der Waals surface area contributed by atoms with E-state index in [1.165, 1.54) is 12.1 Å². The van der Waals surface area contributed by atoms with Gasteiger partial charge in [0.15, 0.2) is 0 Å². The van der Waals surface area contributed by atoms with Crippen LogP contribution < -0.4 is 5.32 Å². The van der Waals surface area contributed by atoms with E-state index < -0.39 is 11.9 Å². The number of hydrogen-bond acceptors (Lipinski definition) is 3. The number of rotatable bonds is 4. The van der Waals surface area contributed by atoms with E-state index in [1.807, 2.05) is 24.3 Å². The van der Waals surface area contributed by atoms with E-state index >= 15 is 0 Å². The smallest absolute Gasteiger partial charge is 0.247 e. The number of allylic oxidation sites excluding steroid dienone is 2. The Bertz CT molecular complexity index is 1030. The van der Waals surface area contributed by atoms with Gasteiger partial charge in [-0.2, -0.15) is 0 Å². The molecule has 1 heterocycles. The predicted octanol–water partition coefficient (Wildman–Crippen LogP) is 3.63. The molecule has 2 aromatic rings. The van der Waals surface area contributed by atoms with Gasteiger partial charge in [0, 0.05) is 5.69 Å². The van der Waals surface area contributed by atoms with E-state index in [2.05, 4.69) is 5.32 Å². The number of imide groups is 1. The molecule has 30 heavy (non-hydrogen) atoms. The van der Waals surface area contributed by atoms with Gasteiger partial charge in [0.1, 0.15) is 11.9 Å². The van der Waals surface area contributed by atoms with Gasteiger partial charge in [-0.05, 0) is 60.6 Å². The van der Waals surface area contributed by atoms with Crippen LogP contribution in [0.1, 0.15) is 13.3 Å². The number of hydrogen-bond donors (Lipinski definition) is 1. The molecule has 2 fully saturated rings. The van der Waals surface area contributed by atoms with Gasteiger partial charge in [0.05, 0.1) is 11.8 Å². The second kappa shape index (κ2) is 6.90. The summed E-state index contributed by atoms with van der Waals surface area (Å²) in [7, 11) is 0. The number of nitrogens with one attached hydrogen (secondary N) is 1. The fourth-order valence-corrected chi connectivity index (χ4v) is 5.06. The van der Waals surface area contributed by atoms with Crippen molar-refractivity contribution in [3.63, 3.8) is 0 Å². The maximum atomic E-state index is 13.1. The van der Waals surface area contributed by atoms with Crippen LogP contribution in [0.4, 0.5) is 10.1 Å². The van der Waals surface area contributed by atoms with Crippen molar-refractivity contribution >= 4 is 23.4 Å². The minimum Gasteiger partial charge on any atom is -0.324 e. The van der Waals surface area contributed by atoms with Crippen molar-refractivity contribution in [1.82, 2.24) is 4.90 Å². The summed E-state index contributed by atoms with van der Waals surface area (Å²) >= 11 is 0. The summed E-state index contributed by atoms with van der Waals surface area (Å²) in [6.07, 6.45) is 4.93. The summed E-state index contributed by atoms with van der Waals surface area (Å²) in [5, 5.41) is 2.79. The van der Waals surface area contributed by atoms with E-state index in [1.54, 1.807) is 31.2 Å². The van der Waals surface area contributed by atoms with Crippen molar-refractivity contribution in [1.29, 1.82) is 0 Å². The van der Waals surface area contributed by atoms with Crippen molar-refractivity contribution < 1.29 is 18.8 Å². The Hall–Kier alpha value is -3.28. The summed E-state index contributed by atoms with van der Waals surface area (Å²) in [4.78, 5) is 39.7. The zero-order valence-electron chi connectivity index (χ0n) is 16.4. The summed E-state index contributed by atoms with van der Waals surface area (Å²) in [5.74, 6) is -1.52. The Labute approximate surface area is 173 Å². The first-order chi connectivity index (χ1) is 14.4. The minimum absolute atomic E-state index is 0.121. The summed E-state index contributed by atoms with van der Waals surface area (Å²) in [5.41, 5.74) is 2.33. The highest BCUT2D eigenvalue weighted by atomic mass is 19.1. The van der Waals surface area contributed by atoms with Gasteiger partial charge >= 0.3 is 0 Å². The van der Waals surface area contributed by atoms with Gasteiger partial charge in [-0.25, -0.2) is 4.39 Å². The van der Waals surface area contributed by atoms with Crippen LogP contribution in [0.2, 0.25) is 0 Å². The number of amides is 3. The highest BCUT2D eigenvalue weighted by Crippen LogP contribution is 2.52. The largest absolute Gasteiger partial charge is 0.324 e. The average molecular weight is 404 g/mol. The fourth-order valence-electron chi connectivity index (χ4n) is 5.06. The first-order valence-electron chi connectivity index (χ1n) is 10.2. The topological polar surface area (TPSA) is 66.5 Å². The van der Waals surface area contributed by atoms with Crippen molar-refractivity contribution in [3.05, 3.63) is 66.5 Å². The van der Waals surface area contributed by atoms with Crippen LogP contribution in [0.25, 0.3) is 11.1 Å². The van der Waals surface area contributed by atoms with Crippen LogP contribution in [-0.2, 0) is 14.4 Å². The van der Waals surface area contributed by atoms with Crippen LogP contribution in [0, 0.1) is 29.5 Å². The number of halogens is 1. The number of carbonyl (C=O) groups excluding carboxylic acids is 3. The Morgan fingerprint density at radius 3 is 1.97 bits per heavy atom. The summed E-state index contributed by atoms with van der Waals surface area (Å²) < 4.78 is 13.1. The quantitative estimate of drug-likeness (QED) is 0.625. The third-order valence-electron chi connectivity index (χ3n) is 6.60. The molecule has 5 nitrogen and oxygen atoms in total. The first-order valence-corrected chi connectivity index (χ1v) is 10.2. The predicted molar refractivity (Wildman–Crippen MR) is 109 cm³/mol. The van der Waals surface area contributed by atoms with Crippen LogP contribution in [0.3, 0.4) is 0 Å². The van der Waals surface area contributed by atoms with E-state index in [9.17, 15) is 18.8 Å². The van der Waals surface area contributed by atoms with Crippen molar-refractivity contribution in [2.45, 2.75) is 19.4 Å². The molecule has 0 spiro atoms. The highest BCUT2D eigenvalue weighted by Gasteiger charge is 2.60. The van der Waals surface area contributed by atoms with Gasteiger partial charge in [0.25, 0.3) is 0 Å². The standard InChI is InChI=1S/C24H21FN2O3/c1-13(27-23(29)20-16-2-3-17(12-16)21(20)24(27)30)22(28)26-19-10-6-15(7-11-19)14-4-8-18(25)9-5-14/h2-11,13,16-17,20-21H,12H2,1H3,(H,26,28)/t13-,16+,17+,20+,21+/m1/s1. The lowest BCUT2D eigenvalue weighted by atomic mass is 9.85. The molecule has 2 aromatic carbocycles. The van der Waals surface area contributed by atoms with Gasteiger partial charge in [0.2, 0.25) is 17.7 Å². The molecule has 0 radical (unpaired) electrons. The number of likely N-dealkylation sites (tertiary alicyclic amines) is 1. The van der Waals surface area contributed by atoms with Gasteiger partial charge < -0.3 is 5.32 Å². The van der Waals surface area contributed by atoms with E-state index in [0.717, 1.165) is 22.4 Å². The monoisotopic (exact) mass is 404 g/mol. The molecular formula is C24H21FN2O3. The van der Waals surface area contributed by atoms with Gasteiger partial charge in [-0.1, -0.05) is 36.4 Å². The average Bonchev–Trinajstić information content (AvgIpc) is 3.42. The van der Waals surface area contributed by atoms with Gasteiger partial charge in [-0.15, -0.1) is 0 Å². The van der Waals surface area contributed by atoms with E-state index in [-0.39, 0.29) is 41.3 Å². The van der Waals surface area contributed by atoms with Crippen LogP contribution in [0.15, 0.2) is 60.7 Å². The fraction of sp³-hybridized carbons (Fsp3) is 0.292.